The Morgan fingerprint density at radius 1 is 0.900 bits per heavy atom. The standard InChI is InChI=1S/C15H14N2OP.Ag/c1-12-3-7-14(8-4-12)19(18,11-17-16)15-9-5-13(2)6-10-15;/h3-10H,1-2H3;/q-1;+1. The summed E-state index contributed by atoms with van der Waals surface area (Å²) in [6.07, 6.45) is 0. The molecule has 3 nitrogen and oxygen atoms in total. The van der Waals surface area contributed by atoms with Gasteiger partial charge < -0.3 is 14.9 Å². The van der Waals surface area contributed by atoms with E-state index in [4.69, 9.17) is 5.53 Å². The van der Waals surface area contributed by atoms with Crippen molar-refractivity contribution in [2.24, 2.45) is 0 Å². The molecule has 0 N–H and O–H groups in total. The third-order valence-electron chi connectivity index (χ3n) is 2.98. The molecule has 0 bridgehead atoms. The Hall–Kier alpha value is -1.21. The van der Waals surface area contributed by atoms with Crippen molar-refractivity contribution in [3.8, 4) is 0 Å². The predicted octanol–water partition coefficient (Wildman–Crippen LogP) is 2.75. The summed E-state index contributed by atoms with van der Waals surface area (Å²) >= 11 is 0. The molecule has 0 radical (unpaired) electrons. The number of hydrogen-bond donors (Lipinski definition) is 0. The van der Waals surface area contributed by atoms with Crippen LogP contribution in [0.3, 0.4) is 0 Å². The molecule has 0 unspecified atom stereocenters. The normalized spacial score (nSPS) is 10.3. The van der Waals surface area contributed by atoms with E-state index in [-0.39, 0.29) is 22.4 Å². The number of aryl methyl sites for hydroxylation is 2. The van der Waals surface area contributed by atoms with E-state index in [1.807, 2.05) is 38.1 Å². The first-order valence-electron chi connectivity index (χ1n) is 5.92. The Bertz CT molecular complexity index is 625. The molecule has 0 spiro atoms. The van der Waals surface area contributed by atoms with Crippen LogP contribution in [0.5, 0.6) is 0 Å². The third-order valence-corrected chi connectivity index (χ3v) is 5.40. The SMILES string of the molecule is Cc1ccc(P(=O)([C-]=[N+]=[N-])c2ccc(C)cc2)cc1.[Ag+]. The fourth-order valence-corrected chi connectivity index (χ4v) is 3.63. The predicted molar refractivity (Wildman–Crippen MR) is 77.9 cm³/mol. The molecular formula is C15H14AgN2OP. The second kappa shape index (κ2) is 6.99. The smallest absolute Gasteiger partial charge is 0.407 e. The Labute approximate surface area is 134 Å². The van der Waals surface area contributed by atoms with Crippen LogP contribution in [0, 0.1) is 13.8 Å². The molecule has 0 aliphatic carbocycles. The van der Waals surface area contributed by atoms with Crippen LogP contribution >= 0.6 is 7.14 Å². The van der Waals surface area contributed by atoms with Gasteiger partial charge in [-0.25, -0.2) is 0 Å². The van der Waals surface area contributed by atoms with Gasteiger partial charge in [0.25, 0.3) is 0 Å². The number of rotatable bonds is 3. The minimum atomic E-state index is -3.13. The zero-order valence-electron chi connectivity index (χ0n) is 11.2. The molecule has 106 valence electrons. The summed E-state index contributed by atoms with van der Waals surface area (Å²) in [5.74, 6) is 2.37. The fraction of sp³-hybridized carbons (Fsp3) is 0.133. The average Bonchev–Trinajstić information content (AvgIpc) is 2.40. The summed E-state index contributed by atoms with van der Waals surface area (Å²) in [5.41, 5.74) is 10.9. The van der Waals surface area contributed by atoms with Gasteiger partial charge in [0.05, 0.1) is 7.14 Å². The molecule has 0 aliphatic heterocycles. The van der Waals surface area contributed by atoms with Crippen LogP contribution in [-0.4, -0.2) is 10.7 Å². The summed E-state index contributed by atoms with van der Waals surface area (Å²) < 4.78 is 13.1. The fourth-order valence-electron chi connectivity index (χ4n) is 1.84. The first-order chi connectivity index (χ1) is 9.06. The Balaban J connectivity index is 0.00000200. The van der Waals surface area contributed by atoms with Gasteiger partial charge in [-0.05, 0) is 24.5 Å². The summed E-state index contributed by atoms with van der Waals surface area (Å²) in [6.45, 7) is 3.93. The van der Waals surface area contributed by atoms with Crippen molar-refractivity contribution in [2.75, 3.05) is 0 Å². The zero-order chi connectivity index (χ0) is 13.9. The molecule has 2 rings (SSSR count). The third kappa shape index (κ3) is 3.46. The van der Waals surface area contributed by atoms with Crippen LogP contribution in [0.4, 0.5) is 0 Å². The monoisotopic (exact) mass is 376 g/mol. The largest absolute Gasteiger partial charge is 1.00 e. The summed E-state index contributed by atoms with van der Waals surface area (Å²) in [5, 5.41) is 1.22. The van der Waals surface area contributed by atoms with Crippen LogP contribution < -0.4 is 10.6 Å². The quantitative estimate of drug-likeness (QED) is 0.203. The van der Waals surface area contributed by atoms with E-state index in [0.29, 0.717) is 10.6 Å². The molecule has 0 fully saturated rings. The number of nitrogens with zero attached hydrogens (tertiary/aromatic N) is 2. The molecule has 0 saturated carbocycles. The summed E-state index contributed by atoms with van der Waals surface area (Å²) in [7, 11) is -3.13. The van der Waals surface area contributed by atoms with E-state index < -0.39 is 7.14 Å². The van der Waals surface area contributed by atoms with Crippen LogP contribution in [0.2, 0.25) is 0 Å². The first-order valence-corrected chi connectivity index (χ1v) is 7.63. The van der Waals surface area contributed by atoms with Gasteiger partial charge in [0, 0.05) is 5.96 Å². The summed E-state index contributed by atoms with van der Waals surface area (Å²) in [4.78, 5) is 2.89. The van der Waals surface area contributed by atoms with E-state index in [9.17, 15) is 4.57 Å². The topological polar surface area (TPSA) is 53.5 Å². The maximum Gasteiger partial charge on any atom is 1.00 e. The minimum absolute atomic E-state index is 0. The second-order valence-electron chi connectivity index (χ2n) is 4.48. The first kappa shape index (κ1) is 16.8. The van der Waals surface area contributed by atoms with E-state index in [1.165, 1.54) is 0 Å². The van der Waals surface area contributed by atoms with Gasteiger partial charge in [0.2, 0.25) is 0 Å². The van der Waals surface area contributed by atoms with Crippen LogP contribution in [-0.2, 0) is 26.9 Å². The maximum atomic E-state index is 13.1. The molecule has 2 aromatic carbocycles. The van der Waals surface area contributed by atoms with Crippen molar-refractivity contribution in [1.82, 2.24) is 0 Å². The Morgan fingerprint density at radius 2 is 1.25 bits per heavy atom. The Kier molecular flexibility index (Phi) is 5.88. The van der Waals surface area contributed by atoms with Gasteiger partial charge in [-0.15, -0.1) is 0 Å². The molecule has 0 saturated heterocycles. The van der Waals surface area contributed by atoms with Crippen molar-refractivity contribution in [2.45, 2.75) is 13.8 Å². The second-order valence-corrected chi connectivity index (χ2v) is 6.93. The van der Waals surface area contributed by atoms with Gasteiger partial charge in [0.15, 0.2) is 0 Å². The van der Waals surface area contributed by atoms with Crippen LogP contribution in [0.1, 0.15) is 11.1 Å². The van der Waals surface area contributed by atoms with Gasteiger partial charge in [-0.2, -0.15) is 0 Å². The van der Waals surface area contributed by atoms with Gasteiger partial charge >= 0.3 is 22.4 Å². The van der Waals surface area contributed by atoms with Crippen molar-refractivity contribution in [3.63, 3.8) is 0 Å². The van der Waals surface area contributed by atoms with Crippen molar-refractivity contribution >= 4 is 23.7 Å². The average molecular weight is 377 g/mol. The molecule has 2 aromatic rings. The molecule has 0 heterocycles. The molecule has 20 heavy (non-hydrogen) atoms. The Morgan fingerprint density at radius 3 is 1.55 bits per heavy atom. The van der Waals surface area contributed by atoms with Crippen molar-refractivity contribution < 1.29 is 31.7 Å². The van der Waals surface area contributed by atoms with Gasteiger partial charge in [-0.1, -0.05) is 59.7 Å². The molecule has 0 atom stereocenters. The number of benzene rings is 2. The molecular weight excluding hydrogens is 363 g/mol. The van der Waals surface area contributed by atoms with Crippen LogP contribution in [0.15, 0.2) is 48.5 Å². The zero-order valence-corrected chi connectivity index (χ0v) is 13.5. The van der Waals surface area contributed by atoms with Gasteiger partial charge in [0.1, 0.15) is 0 Å². The van der Waals surface area contributed by atoms with Crippen LogP contribution in [0.25, 0.3) is 5.53 Å². The minimum Gasteiger partial charge on any atom is -0.407 e. The van der Waals surface area contributed by atoms with E-state index in [2.05, 4.69) is 10.7 Å². The van der Waals surface area contributed by atoms with Gasteiger partial charge in [-0.3, -0.25) is 0 Å². The molecule has 5 heteroatoms. The molecule has 0 amide bonds. The van der Waals surface area contributed by atoms with E-state index in [1.54, 1.807) is 24.3 Å². The van der Waals surface area contributed by atoms with E-state index >= 15 is 0 Å². The van der Waals surface area contributed by atoms with E-state index in [0.717, 1.165) is 11.1 Å². The summed E-state index contributed by atoms with van der Waals surface area (Å²) in [6, 6.07) is 14.7. The molecule has 0 aliphatic rings. The van der Waals surface area contributed by atoms with Crippen molar-refractivity contribution in [1.29, 1.82) is 0 Å². The maximum absolute atomic E-state index is 13.1. The van der Waals surface area contributed by atoms with Crippen molar-refractivity contribution in [3.05, 3.63) is 65.2 Å². The number of hydrogen-bond acceptors (Lipinski definition) is 1. The molecule has 0 aromatic heterocycles.